The number of aromatic nitrogens is 1. The third kappa shape index (κ3) is 4.50. The van der Waals surface area contributed by atoms with Crippen LogP contribution in [0.1, 0.15) is 51.3 Å². The van der Waals surface area contributed by atoms with Gasteiger partial charge in [-0.05, 0) is 35.9 Å². The average molecular weight is 284 g/mol. The van der Waals surface area contributed by atoms with Crippen LogP contribution in [0.5, 0.6) is 0 Å². The zero-order valence-electron chi connectivity index (χ0n) is 12.1. The first kappa shape index (κ1) is 16.0. The molecule has 0 unspecified atom stereocenters. The van der Waals surface area contributed by atoms with Gasteiger partial charge in [0.25, 0.3) is 5.56 Å². The van der Waals surface area contributed by atoms with Gasteiger partial charge >= 0.3 is 0 Å². The molecule has 0 aromatic carbocycles. The third-order valence-electron chi connectivity index (χ3n) is 3.02. The van der Waals surface area contributed by atoms with Gasteiger partial charge in [0.2, 0.25) is 5.24 Å². The van der Waals surface area contributed by atoms with E-state index in [1.165, 1.54) is 0 Å². The molecule has 1 aromatic rings. The topological polar surface area (TPSA) is 39.1 Å². The molecule has 3 nitrogen and oxygen atoms in total. The van der Waals surface area contributed by atoms with Gasteiger partial charge in [-0.1, -0.05) is 33.8 Å². The van der Waals surface area contributed by atoms with Crippen LogP contribution >= 0.6 is 11.6 Å². The van der Waals surface area contributed by atoms with Crippen molar-refractivity contribution >= 4 is 16.8 Å². The van der Waals surface area contributed by atoms with Gasteiger partial charge in [-0.15, -0.1) is 0 Å². The lowest BCUT2D eigenvalue weighted by Crippen LogP contribution is -2.29. The SMILES string of the molecule is CC(C)Cn1c(C(C)C)ccc(CCC(=O)Cl)c1=O. The third-order valence-corrected chi connectivity index (χ3v) is 3.21. The average Bonchev–Trinajstić information content (AvgIpc) is 2.29. The molecule has 0 aliphatic rings. The van der Waals surface area contributed by atoms with E-state index in [0.717, 1.165) is 5.69 Å². The normalized spacial score (nSPS) is 11.3. The fourth-order valence-electron chi connectivity index (χ4n) is 2.12. The maximum absolute atomic E-state index is 12.5. The quantitative estimate of drug-likeness (QED) is 0.751. The van der Waals surface area contributed by atoms with Crippen molar-refractivity contribution in [3.8, 4) is 0 Å². The minimum Gasteiger partial charge on any atom is -0.312 e. The summed E-state index contributed by atoms with van der Waals surface area (Å²) in [6.45, 7) is 9.03. The van der Waals surface area contributed by atoms with Crippen LogP contribution in [-0.2, 0) is 17.8 Å². The number of hydrogen-bond acceptors (Lipinski definition) is 2. The van der Waals surface area contributed by atoms with E-state index in [1.54, 1.807) is 0 Å². The highest BCUT2D eigenvalue weighted by atomic mass is 35.5. The molecule has 0 N–H and O–H groups in total. The molecular weight excluding hydrogens is 262 g/mol. The van der Waals surface area contributed by atoms with E-state index in [4.69, 9.17) is 11.6 Å². The van der Waals surface area contributed by atoms with Crippen molar-refractivity contribution in [3.05, 3.63) is 33.7 Å². The lowest BCUT2D eigenvalue weighted by molar-refractivity contribution is -0.111. The molecule has 0 saturated carbocycles. The van der Waals surface area contributed by atoms with Crippen molar-refractivity contribution < 1.29 is 4.79 Å². The zero-order valence-corrected chi connectivity index (χ0v) is 12.8. The first-order chi connectivity index (χ1) is 8.82. The summed E-state index contributed by atoms with van der Waals surface area (Å²) in [5.74, 6) is 0.704. The lowest BCUT2D eigenvalue weighted by Gasteiger charge is -2.18. The lowest BCUT2D eigenvalue weighted by atomic mass is 10.0. The molecule has 0 spiro atoms. The molecule has 106 valence electrons. The van der Waals surface area contributed by atoms with Crippen LogP contribution in [0, 0.1) is 5.92 Å². The molecule has 1 rings (SSSR count). The molecule has 0 fully saturated rings. The summed E-state index contributed by atoms with van der Waals surface area (Å²) in [7, 11) is 0. The van der Waals surface area contributed by atoms with E-state index in [2.05, 4.69) is 27.7 Å². The largest absolute Gasteiger partial charge is 0.312 e. The van der Waals surface area contributed by atoms with Gasteiger partial charge in [-0.25, -0.2) is 0 Å². The van der Waals surface area contributed by atoms with Crippen molar-refractivity contribution in [3.63, 3.8) is 0 Å². The number of rotatable bonds is 6. The Bertz CT molecular complexity index is 503. The Morgan fingerprint density at radius 1 is 1.26 bits per heavy atom. The fourth-order valence-corrected chi connectivity index (χ4v) is 2.21. The van der Waals surface area contributed by atoms with Crippen LogP contribution in [-0.4, -0.2) is 9.81 Å². The Labute approximate surface area is 119 Å². The second-order valence-corrected chi connectivity index (χ2v) is 6.02. The number of carbonyl (C=O) groups excluding carboxylic acids is 1. The molecule has 0 radical (unpaired) electrons. The van der Waals surface area contributed by atoms with Crippen molar-refractivity contribution in [2.45, 2.75) is 53.0 Å². The number of aryl methyl sites for hydroxylation is 1. The van der Waals surface area contributed by atoms with E-state index in [0.29, 0.717) is 30.4 Å². The molecule has 0 aliphatic carbocycles. The first-order valence-electron chi connectivity index (χ1n) is 6.73. The minimum absolute atomic E-state index is 0.0119. The van der Waals surface area contributed by atoms with Gasteiger partial charge in [0, 0.05) is 24.2 Å². The molecule has 0 atom stereocenters. The zero-order chi connectivity index (χ0) is 14.6. The Balaban J connectivity index is 3.17. The number of halogens is 1. The Morgan fingerprint density at radius 2 is 1.89 bits per heavy atom. The van der Waals surface area contributed by atoms with Gasteiger partial charge in [0.05, 0.1) is 0 Å². The summed E-state index contributed by atoms with van der Waals surface area (Å²) in [5.41, 5.74) is 1.72. The minimum atomic E-state index is -0.400. The van der Waals surface area contributed by atoms with Crippen molar-refractivity contribution in [1.29, 1.82) is 0 Å². The Kier molecular flexibility index (Phi) is 5.80. The predicted molar refractivity (Wildman–Crippen MR) is 78.8 cm³/mol. The summed E-state index contributed by atoms with van der Waals surface area (Å²) in [5, 5.41) is -0.400. The highest BCUT2D eigenvalue weighted by Crippen LogP contribution is 2.15. The van der Waals surface area contributed by atoms with Crippen LogP contribution in [0.15, 0.2) is 16.9 Å². The number of nitrogens with zero attached hydrogens (tertiary/aromatic N) is 1. The summed E-state index contributed by atoms with van der Waals surface area (Å²) in [6.07, 6.45) is 0.622. The van der Waals surface area contributed by atoms with Gasteiger partial charge in [0.15, 0.2) is 0 Å². The molecule has 19 heavy (non-hydrogen) atoms. The van der Waals surface area contributed by atoms with Crippen LogP contribution in [0.3, 0.4) is 0 Å². The summed E-state index contributed by atoms with van der Waals surface area (Å²) >= 11 is 5.34. The molecule has 0 bridgehead atoms. The molecule has 4 heteroatoms. The smallest absolute Gasteiger partial charge is 0.253 e. The number of pyridine rings is 1. The van der Waals surface area contributed by atoms with E-state index in [1.807, 2.05) is 16.7 Å². The second-order valence-electron chi connectivity index (χ2n) is 5.60. The standard InChI is InChI=1S/C15H22ClNO2/c1-10(2)9-17-13(11(3)4)7-5-12(15(17)19)6-8-14(16)18/h5,7,10-11H,6,8-9H2,1-4H3. The van der Waals surface area contributed by atoms with Gasteiger partial charge in [-0.3, -0.25) is 9.59 Å². The van der Waals surface area contributed by atoms with Gasteiger partial charge < -0.3 is 4.57 Å². The van der Waals surface area contributed by atoms with E-state index >= 15 is 0 Å². The van der Waals surface area contributed by atoms with Crippen LogP contribution < -0.4 is 5.56 Å². The maximum atomic E-state index is 12.5. The molecule has 0 saturated heterocycles. The molecule has 0 aliphatic heterocycles. The van der Waals surface area contributed by atoms with Crippen LogP contribution in [0.25, 0.3) is 0 Å². The predicted octanol–water partition coefficient (Wildman–Crippen LogP) is 3.33. The van der Waals surface area contributed by atoms with Crippen LogP contribution in [0.4, 0.5) is 0 Å². The van der Waals surface area contributed by atoms with Crippen molar-refractivity contribution in [2.24, 2.45) is 5.92 Å². The Morgan fingerprint density at radius 3 is 2.37 bits per heavy atom. The van der Waals surface area contributed by atoms with Gasteiger partial charge in [-0.2, -0.15) is 0 Å². The summed E-state index contributed by atoms with van der Waals surface area (Å²) in [6, 6.07) is 3.82. The second kappa shape index (κ2) is 6.90. The molecular formula is C15H22ClNO2. The molecule has 1 aromatic heterocycles. The first-order valence-corrected chi connectivity index (χ1v) is 7.11. The Hall–Kier alpha value is -1.09. The van der Waals surface area contributed by atoms with E-state index in [9.17, 15) is 9.59 Å². The van der Waals surface area contributed by atoms with E-state index in [-0.39, 0.29) is 12.0 Å². The van der Waals surface area contributed by atoms with Crippen molar-refractivity contribution in [2.75, 3.05) is 0 Å². The monoisotopic (exact) mass is 283 g/mol. The maximum Gasteiger partial charge on any atom is 0.253 e. The van der Waals surface area contributed by atoms with Crippen LogP contribution in [0.2, 0.25) is 0 Å². The molecule has 0 amide bonds. The number of hydrogen-bond donors (Lipinski definition) is 0. The highest BCUT2D eigenvalue weighted by molar-refractivity contribution is 6.63. The summed E-state index contributed by atoms with van der Waals surface area (Å²) < 4.78 is 1.84. The fraction of sp³-hybridized carbons (Fsp3) is 0.600. The highest BCUT2D eigenvalue weighted by Gasteiger charge is 2.13. The van der Waals surface area contributed by atoms with Crippen molar-refractivity contribution in [1.82, 2.24) is 4.57 Å². The number of carbonyl (C=O) groups is 1. The summed E-state index contributed by atoms with van der Waals surface area (Å²) in [4.78, 5) is 23.3. The van der Waals surface area contributed by atoms with Gasteiger partial charge in [0.1, 0.15) is 0 Å². The van der Waals surface area contributed by atoms with E-state index < -0.39 is 5.24 Å². The molecule has 1 heterocycles.